The summed E-state index contributed by atoms with van der Waals surface area (Å²) in [4.78, 5) is 18.9. The first-order chi connectivity index (χ1) is 8.43. The fraction of sp³-hybridized carbons (Fsp3) is 0.667. The Morgan fingerprint density at radius 3 is 2.78 bits per heavy atom. The van der Waals surface area contributed by atoms with Crippen molar-refractivity contribution in [3.63, 3.8) is 0 Å². The van der Waals surface area contributed by atoms with E-state index in [1.165, 1.54) is 11.3 Å². The average molecular weight is 271 g/mol. The van der Waals surface area contributed by atoms with E-state index in [0.29, 0.717) is 12.3 Å². The smallest absolute Gasteiger partial charge is 0.358 e. The molecule has 1 heterocycles. The first kappa shape index (κ1) is 14.9. The van der Waals surface area contributed by atoms with E-state index in [9.17, 15) is 4.79 Å². The highest BCUT2D eigenvalue weighted by molar-refractivity contribution is 7.15. The summed E-state index contributed by atoms with van der Waals surface area (Å²) in [6.07, 6.45) is 0. The van der Waals surface area contributed by atoms with Gasteiger partial charge in [0.25, 0.3) is 0 Å². The van der Waals surface area contributed by atoms with Gasteiger partial charge in [-0.15, -0.1) is 11.3 Å². The molecule has 0 saturated carbocycles. The minimum Gasteiger partial charge on any atom is -0.461 e. The third-order valence-corrected chi connectivity index (χ3v) is 3.18. The van der Waals surface area contributed by atoms with Gasteiger partial charge in [-0.1, -0.05) is 0 Å². The molecule has 0 aromatic carbocycles. The van der Waals surface area contributed by atoms with Crippen LogP contribution in [0.2, 0.25) is 0 Å². The number of hydrogen-bond acceptors (Lipinski definition) is 6. The Labute approximate surface area is 112 Å². The number of aryl methyl sites for hydroxylation is 1. The van der Waals surface area contributed by atoms with E-state index in [0.717, 1.165) is 16.6 Å². The van der Waals surface area contributed by atoms with Crippen molar-refractivity contribution in [2.45, 2.75) is 26.8 Å². The van der Waals surface area contributed by atoms with E-state index in [2.05, 4.69) is 22.1 Å². The second-order valence-corrected chi connectivity index (χ2v) is 5.66. The molecule has 0 saturated heterocycles. The summed E-state index contributed by atoms with van der Waals surface area (Å²) in [5.41, 5.74) is 0.418. The predicted molar refractivity (Wildman–Crippen MR) is 74.4 cm³/mol. The first-order valence-corrected chi connectivity index (χ1v) is 6.81. The molecule has 18 heavy (non-hydrogen) atoms. The third-order valence-electron chi connectivity index (χ3n) is 2.27. The molecule has 0 aliphatic carbocycles. The second-order valence-electron chi connectivity index (χ2n) is 4.45. The second kappa shape index (κ2) is 6.70. The number of rotatable bonds is 6. The number of nitrogens with zero attached hydrogens (tertiary/aromatic N) is 2. The van der Waals surface area contributed by atoms with Crippen LogP contribution in [0.25, 0.3) is 0 Å². The van der Waals surface area contributed by atoms with Crippen LogP contribution in [0.3, 0.4) is 0 Å². The number of carbonyl (C=O) groups is 1. The Morgan fingerprint density at radius 1 is 1.56 bits per heavy atom. The molecular formula is C12H21N3O2S. The Hall–Kier alpha value is -1.14. The highest BCUT2D eigenvalue weighted by atomic mass is 32.1. The topological polar surface area (TPSA) is 54.5 Å². The maximum Gasteiger partial charge on any atom is 0.358 e. The quantitative estimate of drug-likeness (QED) is 0.802. The molecule has 0 fully saturated rings. The van der Waals surface area contributed by atoms with Gasteiger partial charge in [0.1, 0.15) is 0 Å². The molecule has 0 aliphatic rings. The monoisotopic (exact) mass is 271 g/mol. The van der Waals surface area contributed by atoms with Crippen LogP contribution in [-0.4, -0.2) is 49.1 Å². The molecule has 1 unspecified atom stereocenters. The van der Waals surface area contributed by atoms with E-state index < -0.39 is 0 Å². The largest absolute Gasteiger partial charge is 0.461 e. The van der Waals surface area contributed by atoms with Gasteiger partial charge in [-0.3, -0.25) is 0 Å². The number of thiazole rings is 1. The van der Waals surface area contributed by atoms with Gasteiger partial charge in [0.2, 0.25) is 0 Å². The Kier molecular flexibility index (Phi) is 5.55. The van der Waals surface area contributed by atoms with Crippen molar-refractivity contribution in [2.24, 2.45) is 0 Å². The lowest BCUT2D eigenvalue weighted by Crippen LogP contribution is -2.29. The van der Waals surface area contributed by atoms with Crippen LogP contribution in [-0.2, 0) is 4.74 Å². The van der Waals surface area contributed by atoms with Crippen molar-refractivity contribution in [1.82, 2.24) is 9.88 Å². The zero-order chi connectivity index (χ0) is 13.7. The summed E-state index contributed by atoms with van der Waals surface area (Å²) in [5, 5.41) is 4.06. The van der Waals surface area contributed by atoms with Crippen molar-refractivity contribution in [3.05, 3.63) is 10.6 Å². The highest BCUT2D eigenvalue weighted by Crippen LogP contribution is 2.23. The van der Waals surface area contributed by atoms with Crippen LogP contribution in [0.5, 0.6) is 0 Å². The number of ether oxygens (including phenoxy) is 1. The van der Waals surface area contributed by atoms with Crippen LogP contribution in [0.15, 0.2) is 0 Å². The zero-order valence-electron chi connectivity index (χ0n) is 11.6. The fourth-order valence-corrected chi connectivity index (χ4v) is 2.56. The van der Waals surface area contributed by atoms with Crippen LogP contribution in [0.1, 0.15) is 29.2 Å². The van der Waals surface area contributed by atoms with Gasteiger partial charge in [-0.25, -0.2) is 9.78 Å². The van der Waals surface area contributed by atoms with Gasteiger partial charge in [0.05, 0.1) is 6.61 Å². The van der Waals surface area contributed by atoms with Gasteiger partial charge in [0.15, 0.2) is 10.8 Å². The molecule has 1 rings (SSSR count). The molecule has 5 nitrogen and oxygen atoms in total. The normalized spacial score (nSPS) is 12.6. The number of likely N-dealkylation sites (N-methyl/N-ethyl adjacent to an activating group) is 1. The average Bonchev–Trinajstić information content (AvgIpc) is 2.58. The maximum absolute atomic E-state index is 11.6. The minimum atomic E-state index is -0.348. The van der Waals surface area contributed by atoms with E-state index in [-0.39, 0.29) is 12.0 Å². The summed E-state index contributed by atoms with van der Waals surface area (Å²) >= 11 is 1.48. The maximum atomic E-state index is 11.6. The van der Waals surface area contributed by atoms with Crippen molar-refractivity contribution in [3.8, 4) is 0 Å². The molecule has 0 radical (unpaired) electrons. The van der Waals surface area contributed by atoms with Crippen LogP contribution < -0.4 is 5.32 Å². The summed E-state index contributed by atoms with van der Waals surface area (Å²) in [7, 11) is 4.05. The van der Waals surface area contributed by atoms with Crippen LogP contribution in [0.4, 0.5) is 5.13 Å². The number of anilines is 1. The molecule has 1 aromatic rings. The predicted octanol–water partition coefficient (Wildman–Crippen LogP) is 1.99. The molecule has 0 aliphatic heterocycles. The number of carbonyl (C=O) groups excluding carboxylic acids is 1. The van der Waals surface area contributed by atoms with Gasteiger partial charge in [0, 0.05) is 17.5 Å². The van der Waals surface area contributed by atoms with E-state index in [4.69, 9.17) is 4.74 Å². The SMILES string of the molecule is CCOC(=O)c1nc(NC(C)CN(C)C)sc1C. The number of aromatic nitrogens is 1. The summed E-state index contributed by atoms with van der Waals surface area (Å²) in [6, 6.07) is 0.278. The van der Waals surface area contributed by atoms with Crippen molar-refractivity contribution < 1.29 is 9.53 Å². The lowest BCUT2D eigenvalue weighted by Gasteiger charge is -2.17. The Bertz CT molecular complexity index is 404. The molecule has 0 amide bonds. The molecule has 6 heteroatoms. The molecule has 0 spiro atoms. The number of nitrogens with one attached hydrogen (secondary N) is 1. The number of hydrogen-bond donors (Lipinski definition) is 1. The lowest BCUT2D eigenvalue weighted by molar-refractivity contribution is 0.0519. The standard InChI is InChI=1S/C12H21N3O2S/c1-6-17-11(16)10-9(3)18-12(14-10)13-8(2)7-15(4)5/h8H,6-7H2,1-5H3,(H,13,14). The minimum absolute atomic E-state index is 0.278. The summed E-state index contributed by atoms with van der Waals surface area (Å²) < 4.78 is 4.96. The molecule has 1 atom stereocenters. The molecule has 1 N–H and O–H groups in total. The van der Waals surface area contributed by atoms with Crippen LogP contribution >= 0.6 is 11.3 Å². The Balaban J connectivity index is 2.69. The van der Waals surface area contributed by atoms with Gasteiger partial charge >= 0.3 is 5.97 Å². The zero-order valence-corrected chi connectivity index (χ0v) is 12.4. The molecular weight excluding hydrogens is 250 g/mol. The van der Waals surface area contributed by atoms with Gasteiger partial charge in [-0.2, -0.15) is 0 Å². The molecule has 102 valence electrons. The molecule has 0 bridgehead atoms. The Morgan fingerprint density at radius 2 is 2.22 bits per heavy atom. The van der Waals surface area contributed by atoms with Crippen LogP contribution in [0, 0.1) is 6.92 Å². The number of esters is 1. The lowest BCUT2D eigenvalue weighted by atomic mass is 10.3. The molecule has 1 aromatic heterocycles. The van der Waals surface area contributed by atoms with Gasteiger partial charge < -0.3 is 15.0 Å². The van der Waals surface area contributed by atoms with Crippen molar-refractivity contribution in [1.29, 1.82) is 0 Å². The van der Waals surface area contributed by atoms with Crippen molar-refractivity contribution >= 4 is 22.4 Å². The summed E-state index contributed by atoms with van der Waals surface area (Å²) in [6.45, 7) is 7.04. The first-order valence-electron chi connectivity index (χ1n) is 5.99. The third kappa shape index (κ3) is 4.27. The fourth-order valence-electron chi connectivity index (χ4n) is 1.65. The van der Waals surface area contributed by atoms with Crippen molar-refractivity contribution in [2.75, 3.05) is 32.6 Å². The van der Waals surface area contributed by atoms with E-state index >= 15 is 0 Å². The summed E-state index contributed by atoms with van der Waals surface area (Å²) in [5.74, 6) is -0.348. The van der Waals surface area contributed by atoms with Gasteiger partial charge in [-0.05, 0) is 34.9 Å². The van der Waals surface area contributed by atoms with E-state index in [1.54, 1.807) is 6.92 Å². The highest BCUT2D eigenvalue weighted by Gasteiger charge is 2.17. The van der Waals surface area contributed by atoms with E-state index in [1.807, 2.05) is 21.0 Å².